The van der Waals surface area contributed by atoms with Crippen molar-refractivity contribution < 1.29 is 14.7 Å². The molecule has 0 aliphatic carbocycles. The second-order valence-electron chi connectivity index (χ2n) is 5.11. The number of aryl methyl sites for hydroxylation is 1. The lowest BCUT2D eigenvalue weighted by atomic mass is 9.93. The zero-order valence-corrected chi connectivity index (χ0v) is 12.3. The van der Waals surface area contributed by atoms with E-state index in [1.807, 2.05) is 12.3 Å². The van der Waals surface area contributed by atoms with E-state index in [1.54, 1.807) is 4.90 Å². The van der Waals surface area contributed by atoms with Gasteiger partial charge in [-0.05, 0) is 32.1 Å². The number of hydrogen-bond acceptors (Lipinski definition) is 4. The maximum absolute atomic E-state index is 12.1. The molecule has 0 bridgehead atoms. The number of urea groups is 1. The number of anilines is 1. The second-order valence-corrected chi connectivity index (χ2v) is 5.97. The van der Waals surface area contributed by atoms with Gasteiger partial charge in [0, 0.05) is 24.9 Å². The number of rotatable bonds is 4. The number of nitrogens with one attached hydrogen (secondary N) is 1. The highest BCUT2D eigenvalue weighted by molar-refractivity contribution is 7.13. The van der Waals surface area contributed by atoms with Crippen LogP contribution in [0.25, 0.3) is 0 Å². The SMILES string of the molecule is Cc1csc(NC(=O)N2CCCC(CCC(=O)O)C2)n1. The van der Waals surface area contributed by atoms with E-state index in [0.717, 1.165) is 25.1 Å². The molecule has 1 saturated heterocycles. The molecule has 1 fully saturated rings. The summed E-state index contributed by atoms with van der Waals surface area (Å²) in [6.45, 7) is 3.23. The Bertz CT molecular complexity index is 489. The maximum atomic E-state index is 12.1. The van der Waals surface area contributed by atoms with Crippen LogP contribution in [0.4, 0.5) is 9.93 Å². The van der Waals surface area contributed by atoms with E-state index in [2.05, 4.69) is 10.3 Å². The number of likely N-dealkylation sites (tertiary alicyclic amines) is 1. The molecule has 2 N–H and O–H groups in total. The van der Waals surface area contributed by atoms with Gasteiger partial charge in [0.05, 0.1) is 5.69 Å². The van der Waals surface area contributed by atoms with Gasteiger partial charge in [0.2, 0.25) is 0 Å². The topological polar surface area (TPSA) is 82.5 Å². The summed E-state index contributed by atoms with van der Waals surface area (Å²) in [6.07, 6.45) is 2.73. The highest BCUT2D eigenvalue weighted by Crippen LogP contribution is 2.22. The van der Waals surface area contributed by atoms with E-state index in [-0.39, 0.29) is 18.4 Å². The molecule has 2 rings (SSSR count). The van der Waals surface area contributed by atoms with Crippen LogP contribution in [0.3, 0.4) is 0 Å². The number of carbonyl (C=O) groups excluding carboxylic acids is 1. The second kappa shape index (κ2) is 6.69. The van der Waals surface area contributed by atoms with Gasteiger partial charge in [0.25, 0.3) is 0 Å². The molecule has 1 aliphatic heterocycles. The molecule has 1 aromatic rings. The molecule has 7 heteroatoms. The Morgan fingerprint density at radius 3 is 3.05 bits per heavy atom. The van der Waals surface area contributed by atoms with Crippen molar-refractivity contribution >= 4 is 28.5 Å². The fourth-order valence-electron chi connectivity index (χ4n) is 2.39. The van der Waals surface area contributed by atoms with Gasteiger partial charge < -0.3 is 10.0 Å². The number of piperidine rings is 1. The monoisotopic (exact) mass is 297 g/mol. The third-order valence-electron chi connectivity index (χ3n) is 3.41. The molecule has 1 aliphatic rings. The van der Waals surface area contributed by atoms with Crippen LogP contribution < -0.4 is 5.32 Å². The van der Waals surface area contributed by atoms with Crippen LogP contribution in [-0.2, 0) is 4.79 Å². The van der Waals surface area contributed by atoms with Crippen LogP contribution in [0.2, 0.25) is 0 Å². The van der Waals surface area contributed by atoms with Crippen LogP contribution in [0, 0.1) is 12.8 Å². The van der Waals surface area contributed by atoms with E-state index >= 15 is 0 Å². The first kappa shape index (κ1) is 14.8. The fraction of sp³-hybridized carbons (Fsp3) is 0.615. The Labute approximate surface area is 121 Å². The minimum Gasteiger partial charge on any atom is -0.481 e. The van der Waals surface area contributed by atoms with Crippen LogP contribution in [0.5, 0.6) is 0 Å². The molecule has 20 heavy (non-hydrogen) atoms. The van der Waals surface area contributed by atoms with Crippen molar-refractivity contribution in [1.82, 2.24) is 9.88 Å². The summed E-state index contributed by atoms with van der Waals surface area (Å²) in [5.74, 6) is -0.492. The van der Waals surface area contributed by atoms with Crippen LogP contribution in [0.1, 0.15) is 31.4 Å². The third kappa shape index (κ3) is 4.19. The molecule has 0 spiro atoms. The third-order valence-corrected chi connectivity index (χ3v) is 4.28. The zero-order chi connectivity index (χ0) is 14.5. The molecular weight excluding hydrogens is 278 g/mol. The lowest BCUT2D eigenvalue weighted by molar-refractivity contribution is -0.137. The van der Waals surface area contributed by atoms with E-state index in [0.29, 0.717) is 18.1 Å². The zero-order valence-electron chi connectivity index (χ0n) is 11.5. The Morgan fingerprint density at radius 2 is 2.40 bits per heavy atom. The standard InChI is InChI=1S/C13H19N3O3S/c1-9-8-20-12(14-9)15-13(19)16-6-2-3-10(7-16)4-5-11(17)18/h8,10H,2-7H2,1H3,(H,17,18)(H,14,15,19). The summed E-state index contributed by atoms with van der Waals surface area (Å²) in [6, 6.07) is -0.139. The summed E-state index contributed by atoms with van der Waals surface area (Å²) in [5, 5.41) is 14.0. The number of aromatic nitrogens is 1. The fourth-order valence-corrected chi connectivity index (χ4v) is 3.07. The van der Waals surface area contributed by atoms with Crippen molar-refractivity contribution in [1.29, 1.82) is 0 Å². The maximum Gasteiger partial charge on any atom is 0.323 e. The van der Waals surface area contributed by atoms with Crippen molar-refractivity contribution in [2.75, 3.05) is 18.4 Å². The van der Waals surface area contributed by atoms with Gasteiger partial charge in [-0.15, -0.1) is 11.3 Å². The molecule has 2 heterocycles. The molecule has 1 aromatic heterocycles. The molecule has 110 valence electrons. The van der Waals surface area contributed by atoms with Crippen molar-refractivity contribution in [3.8, 4) is 0 Å². The highest BCUT2D eigenvalue weighted by atomic mass is 32.1. The minimum atomic E-state index is -0.773. The van der Waals surface area contributed by atoms with Crippen molar-refractivity contribution in [2.45, 2.75) is 32.6 Å². The molecule has 1 atom stereocenters. The first-order chi connectivity index (χ1) is 9.54. The minimum absolute atomic E-state index is 0.139. The van der Waals surface area contributed by atoms with E-state index in [4.69, 9.17) is 5.11 Å². The average molecular weight is 297 g/mol. The summed E-state index contributed by atoms with van der Waals surface area (Å²) in [5.41, 5.74) is 0.892. The number of carbonyl (C=O) groups is 2. The van der Waals surface area contributed by atoms with E-state index in [1.165, 1.54) is 11.3 Å². The lowest BCUT2D eigenvalue weighted by Gasteiger charge is -2.32. The number of amides is 2. The first-order valence-electron chi connectivity index (χ1n) is 6.74. The van der Waals surface area contributed by atoms with Crippen molar-refractivity contribution in [2.24, 2.45) is 5.92 Å². The first-order valence-corrected chi connectivity index (χ1v) is 7.62. The van der Waals surface area contributed by atoms with Crippen molar-refractivity contribution in [3.63, 3.8) is 0 Å². The summed E-state index contributed by atoms with van der Waals surface area (Å²) in [4.78, 5) is 28.7. The molecule has 1 unspecified atom stereocenters. The van der Waals surface area contributed by atoms with Gasteiger partial charge in [0.1, 0.15) is 0 Å². The van der Waals surface area contributed by atoms with Crippen LogP contribution >= 0.6 is 11.3 Å². The average Bonchev–Trinajstić information content (AvgIpc) is 2.82. The van der Waals surface area contributed by atoms with Gasteiger partial charge in [-0.2, -0.15) is 0 Å². The predicted molar refractivity (Wildman–Crippen MR) is 77.0 cm³/mol. The van der Waals surface area contributed by atoms with Crippen molar-refractivity contribution in [3.05, 3.63) is 11.1 Å². The Kier molecular flexibility index (Phi) is 4.94. The van der Waals surface area contributed by atoms with Gasteiger partial charge in [0.15, 0.2) is 5.13 Å². The molecule has 0 aromatic carbocycles. The lowest BCUT2D eigenvalue weighted by Crippen LogP contribution is -2.42. The van der Waals surface area contributed by atoms with E-state index < -0.39 is 5.97 Å². The number of aliphatic carboxylic acids is 1. The molecular formula is C13H19N3O3S. The van der Waals surface area contributed by atoms with Crippen LogP contribution in [0.15, 0.2) is 5.38 Å². The van der Waals surface area contributed by atoms with Gasteiger partial charge in [-0.3, -0.25) is 10.1 Å². The molecule has 2 amide bonds. The number of hydrogen-bond donors (Lipinski definition) is 2. The summed E-state index contributed by atoms with van der Waals surface area (Å²) >= 11 is 1.41. The van der Waals surface area contributed by atoms with Gasteiger partial charge in [-0.25, -0.2) is 9.78 Å². The Morgan fingerprint density at radius 1 is 1.60 bits per heavy atom. The van der Waals surface area contributed by atoms with Gasteiger partial charge >= 0.3 is 12.0 Å². The summed E-state index contributed by atoms with van der Waals surface area (Å²) in [7, 11) is 0. The Hall–Kier alpha value is -1.63. The van der Waals surface area contributed by atoms with E-state index in [9.17, 15) is 9.59 Å². The Balaban J connectivity index is 1.84. The van der Waals surface area contributed by atoms with Crippen LogP contribution in [-0.4, -0.2) is 40.1 Å². The number of nitrogens with zero attached hydrogens (tertiary/aromatic N) is 2. The molecule has 0 radical (unpaired) electrons. The quantitative estimate of drug-likeness (QED) is 0.894. The van der Waals surface area contributed by atoms with Gasteiger partial charge in [-0.1, -0.05) is 0 Å². The summed E-state index contributed by atoms with van der Waals surface area (Å²) < 4.78 is 0. The largest absolute Gasteiger partial charge is 0.481 e. The normalized spacial score (nSPS) is 18.9. The molecule has 6 nitrogen and oxygen atoms in total. The molecule has 0 saturated carbocycles. The predicted octanol–water partition coefficient (Wildman–Crippen LogP) is 2.56. The number of thiazole rings is 1. The number of carboxylic acid groups (broad SMARTS) is 1. The highest BCUT2D eigenvalue weighted by Gasteiger charge is 2.24. The number of carboxylic acids is 1. The smallest absolute Gasteiger partial charge is 0.323 e.